The minimum atomic E-state index is -3.36. The van der Waals surface area contributed by atoms with E-state index in [2.05, 4.69) is 11.6 Å². The molecule has 4 nitrogen and oxygen atoms in total. The van der Waals surface area contributed by atoms with Crippen molar-refractivity contribution in [1.82, 2.24) is 4.72 Å². The van der Waals surface area contributed by atoms with E-state index in [-0.39, 0.29) is 5.75 Å². The molecule has 3 N–H and O–H groups in total. The average molecular weight is 310 g/mol. The van der Waals surface area contributed by atoms with E-state index in [1.165, 1.54) is 0 Å². The molecule has 1 aromatic carbocycles. The third kappa shape index (κ3) is 4.53. The Morgan fingerprint density at radius 1 is 1.24 bits per heavy atom. The van der Waals surface area contributed by atoms with Gasteiger partial charge < -0.3 is 5.73 Å². The number of nitrogens with one attached hydrogen (secondary N) is 1. The first-order valence-corrected chi connectivity index (χ1v) is 9.39. The summed E-state index contributed by atoms with van der Waals surface area (Å²) >= 11 is 0. The van der Waals surface area contributed by atoms with Crippen molar-refractivity contribution in [1.29, 1.82) is 0 Å². The Kier molecular flexibility index (Phi) is 5.41. The Hall–Kier alpha value is -0.910. The van der Waals surface area contributed by atoms with Crippen LogP contribution in [-0.2, 0) is 15.8 Å². The molecule has 0 heterocycles. The maximum Gasteiger partial charge on any atom is 0.216 e. The third-order valence-electron chi connectivity index (χ3n) is 4.60. The molecule has 0 atom stereocenters. The summed E-state index contributed by atoms with van der Waals surface area (Å²) in [5, 5.41) is 0. The highest BCUT2D eigenvalue weighted by atomic mass is 32.2. The molecule has 5 heteroatoms. The molecule has 0 amide bonds. The quantitative estimate of drug-likeness (QED) is 0.847. The molecule has 1 aliphatic carbocycles. The third-order valence-corrected chi connectivity index (χ3v) is 6.06. The summed E-state index contributed by atoms with van der Waals surface area (Å²) in [5.74, 6) is 0.732. The summed E-state index contributed by atoms with van der Waals surface area (Å²) < 4.78 is 27.7. The highest BCUT2D eigenvalue weighted by molar-refractivity contribution is 7.88. The van der Waals surface area contributed by atoms with Crippen LogP contribution in [0.15, 0.2) is 30.3 Å². The van der Waals surface area contributed by atoms with Gasteiger partial charge in [0.15, 0.2) is 0 Å². The van der Waals surface area contributed by atoms with Crippen LogP contribution in [0.2, 0.25) is 0 Å². The van der Waals surface area contributed by atoms with Crippen molar-refractivity contribution in [3.63, 3.8) is 0 Å². The van der Waals surface area contributed by atoms with Crippen LogP contribution in [0.4, 0.5) is 0 Å². The lowest BCUT2D eigenvalue weighted by Crippen LogP contribution is -2.55. The number of hydrogen-bond donors (Lipinski definition) is 2. The number of hydrogen-bond acceptors (Lipinski definition) is 3. The molecule has 0 saturated heterocycles. The molecule has 1 aromatic rings. The first-order chi connectivity index (χ1) is 9.99. The van der Waals surface area contributed by atoms with Crippen LogP contribution in [0.5, 0.6) is 0 Å². The van der Waals surface area contributed by atoms with E-state index in [0.29, 0.717) is 12.5 Å². The summed E-state index contributed by atoms with van der Waals surface area (Å²) in [6.07, 6.45) is 4.96. The predicted octanol–water partition coefficient (Wildman–Crippen LogP) is 2.40. The van der Waals surface area contributed by atoms with Gasteiger partial charge in [-0.05, 0) is 37.2 Å². The fraction of sp³-hybridized carbons (Fsp3) is 0.625. The molecule has 0 spiro atoms. The number of nitrogens with two attached hydrogens (primary N) is 1. The first kappa shape index (κ1) is 16.5. The van der Waals surface area contributed by atoms with Gasteiger partial charge in [-0.15, -0.1) is 0 Å². The van der Waals surface area contributed by atoms with Crippen LogP contribution in [0.3, 0.4) is 0 Å². The first-order valence-electron chi connectivity index (χ1n) is 7.74. The van der Waals surface area contributed by atoms with E-state index in [4.69, 9.17) is 5.73 Å². The Balaban J connectivity index is 2.04. The molecular formula is C16H26N2O2S. The lowest BCUT2D eigenvalue weighted by Gasteiger charge is -2.39. The van der Waals surface area contributed by atoms with Crippen molar-refractivity contribution in [2.24, 2.45) is 11.7 Å². The highest BCUT2D eigenvalue weighted by Gasteiger charge is 2.36. The van der Waals surface area contributed by atoms with Gasteiger partial charge in [-0.3, -0.25) is 0 Å². The van der Waals surface area contributed by atoms with E-state index in [0.717, 1.165) is 37.7 Å². The molecule has 0 aliphatic heterocycles. The fourth-order valence-electron chi connectivity index (χ4n) is 3.15. The highest BCUT2D eigenvalue weighted by Crippen LogP contribution is 2.33. The van der Waals surface area contributed by atoms with Crippen molar-refractivity contribution in [3.05, 3.63) is 35.9 Å². The van der Waals surface area contributed by atoms with Crippen LogP contribution in [-0.4, -0.2) is 20.5 Å². The molecule has 21 heavy (non-hydrogen) atoms. The topological polar surface area (TPSA) is 72.2 Å². The summed E-state index contributed by atoms with van der Waals surface area (Å²) in [5.41, 5.74) is 6.26. The minimum Gasteiger partial charge on any atom is -0.329 e. The van der Waals surface area contributed by atoms with Gasteiger partial charge in [0.25, 0.3) is 0 Å². The van der Waals surface area contributed by atoms with Gasteiger partial charge >= 0.3 is 0 Å². The van der Waals surface area contributed by atoms with E-state index in [1.807, 2.05) is 30.3 Å². The molecule has 1 saturated carbocycles. The van der Waals surface area contributed by atoms with Gasteiger partial charge in [0.2, 0.25) is 10.0 Å². The Morgan fingerprint density at radius 2 is 1.86 bits per heavy atom. The second-order valence-corrected chi connectivity index (χ2v) is 7.91. The number of benzene rings is 1. The fourth-order valence-corrected chi connectivity index (χ4v) is 4.80. The molecule has 1 fully saturated rings. The second-order valence-electron chi connectivity index (χ2n) is 6.18. The summed E-state index contributed by atoms with van der Waals surface area (Å²) in [4.78, 5) is 0. The maximum atomic E-state index is 12.4. The zero-order valence-electron chi connectivity index (χ0n) is 12.7. The largest absolute Gasteiger partial charge is 0.329 e. The normalized spacial score (nSPS) is 26.7. The zero-order chi connectivity index (χ0) is 15.3. The molecule has 1 aliphatic rings. The van der Waals surface area contributed by atoms with Crippen LogP contribution < -0.4 is 10.5 Å². The van der Waals surface area contributed by atoms with Crippen molar-refractivity contribution < 1.29 is 8.42 Å². The van der Waals surface area contributed by atoms with E-state index in [9.17, 15) is 8.42 Å². The Morgan fingerprint density at radius 3 is 2.38 bits per heavy atom. The number of sulfonamides is 1. The van der Waals surface area contributed by atoms with Crippen molar-refractivity contribution in [2.75, 3.05) is 6.54 Å². The van der Waals surface area contributed by atoms with Crippen molar-refractivity contribution >= 4 is 10.0 Å². The van der Waals surface area contributed by atoms with Gasteiger partial charge in [0, 0.05) is 12.1 Å². The van der Waals surface area contributed by atoms with Crippen molar-refractivity contribution in [3.8, 4) is 0 Å². The average Bonchev–Trinajstić information content (AvgIpc) is 2.48. The maximum absolute atomic E-state index is 12.4. The lowest BCUT2D eigenvalue weighted by molar-refractivity contribution is 0.217. The van der Waals surface area contributed by atoms with Gasteiger partial charge in [0.1, 0.15) is 0 Å². The standard InChI is InChI=1S/C16H26N2O2S/c1-2-14-8-10-16(13-17,11-9-14)18-21(19,20)12-15-6-4-3-5-7-15/h3-7,14,18H,2,8-13,17H2,1H3. The summed E-state index contributed by atoms with van der Waals surface area (Å²) in [6.45, 7) is 2.57. The molecule has 0 unspecified atom stereocenters. The van der Waals surface area contributed by atoms with Crippen LogP contribution in [0.25, 0.3) is 0 Å². The summed E-state index contributed by atoms with van der Waals surface area (Å²) in [7, 11) is -3.36. The van der Waals surface area contributed by atoms with Gasteiger partial charge in [-0.25, -0.2) is 13.1 Å². The van der Waals surface area contributed by atoms with E-state index >= 15 is 0 Å². The molecule has 118 valence electrons. The van der Waals surface area contributed by atoms with E-state index in [1.54, 1.807) is 0 Å². The molecular weight excluding hydrogens is 284 g/mol. The minimum absolute atomic E-state index is 0.0206. The number of rotatable bonds is 6. The molecule has 0 aromatic heterocycles. The van der Waals surface area contributed by atoms with Crippen molar-refractivity contribution in [2.45, 2.75) is 50.3 Å². The van der Waals surface area contributed by atoms with Crippen LogP contribution >= 0.6 is 0 Å². The lowest BCUT2D eigenvalue weighted by atomic mass is 9.76. The van der Waals surface area contributed by atoms with Crippen LogP contribution in [0.1, 0.15) is 44.6 Å². The second kappa shape index (κ2) is 6.90. The summed E-state index contributed by atoms with van der Waals surface area (Å²) in [6, 6.07) is 9.27. The van der Waals surface area contributed by atoms with Gasteiger partial charge in [-0.2, -0.15) is 0 Å². The van der Waals surface area contributed by atoms with Gasteiger partial charge in [0.05, 0.1) is 5.75 Å². The zero-order valence-corrected chi connectivity index (χ0v) is 13.5. The smallest absolute Gasteiger partial charge is 0.216 e. The molecule has 0 radical (unpaired) electrons. The van der Waals surface area contributed by atoms with Crippen LogP contribution in [0, 0.1) is 5.92 Å². The van der Waals surface area contributed by atoms with E-state index < -0.39 is 15.6 Å². The monoisotopic (exact) mass is 310 g/mol. The Bertz CT molecular complexity index is 535. The SMILES string of the molecule is CCC1CCC(CN)(NS(=O)(=O)Cc2ccccc2)CC1. The predicted molar refractivity (Wildman–Crippen MR) is 86.2 cm³/mol. The van der Waals surface area contributed by atoms with Gasteiger partial charge in [-0.1, -0.05) is 43.7 Å². The Labute approximate surface area is 128 Å². The molecule has 0 bridgehead atoms. The molecule has 2 rings (SSSR count).